The van der Waals surface area contributed by atoms with E-state index in [9.17, 15) is 4.79 Å². The van der Waals surface area contributed by atoms with Crippen LogP contribution in [0.3, 0.4) is 0 Å². The van der Waals surface area contributed by atoms with Crippen LogP contribution >= 0.6 is 0 Å². The van der Waals surface area contributed by atoms with Crippen molar-refractivity contribution < 1.29 is 4.79 Å². The first kappa shape index (κ1) is 18.7. The van der Waals surface area contributed by atoms with E-state index >= 15 is 0 Å². The minimum atomic E-state index is -0.341. The molecular formula is C24H31NO. The number of benzene rings is 2. The number of carbonyl (C=O) groups excluding carboxylic acids is 1. The molecule has 0 saturated heterocycles. The van der Waals surface area contributed by atoms with Crippen molar-refractivity contribution in [2.45, 2.75) is 69.7 Å². The zero-order valence-corrected chi connectivity index (χ0v) is 16.3. The van der Waals surface area contributed by atoms with E-state index in [2.05, 4.69) is 68.6 Å². The van der Waals surface area contributed by atoms with Gasteiger partial charge < -0.3 is 5.32 Å². The predicted octanol–water partition coefficient (Wildman–Crippen LogP) is 5.37. The first-order valence-corrected chi connectivity index (χ1v) is 9.86. The van der Waals surface area contributed by atoms with E-state index in [0.29, 0.717) is 0 Å². The highest BCUT2D eigenvalue weighted by atomic mass is 16.2. The van der Waals surface area contributed by atoms with E-state index in [1.165, 1.54) is 11.1 Å². The molecule has 0 unspecified atom stereocenters. The maximum absolute atomic E-state index is 13.3. The van der Waals surface area contributed by atoms with Crippen LogP contribution in [-0.2, 0) is 15.6 Å². The molecule has 26 heavy (non-hydrogen) atoms. The number of nitrogens with one attached hydrogen (secondary N) is 1. The van der Waals surface area contributed by atoms with Crippen LogP contribution in [0.15, 0.2) is 60.7 Å². The minimum Gasteiger partial charge on any atom is -0.353 e. The van der Waals surface area contributed by atoms with E-state index in [4.69, 9.17) is 0 Å². The van der Waals surface area contributed by atoms with E-state index in [1.807, 2.05) is 18.2 Å². The van der Waals surface area contributed by atoms with Crippen molar-refractivity contribution in [3.8, 4) is 0 Å². The van der Waals surface area contributed by atoms with Gasteiger partial charge in [-0.1, -0.05) is 87.4 Å². The van der Waals surface area contributed by atoms with Gasteiger partial charge >= 0.3 is 0 Å². The Labute approximate surface area is 158 Å². The molecule has 0 spiro atoms. The summed E-state index contributed by atoms with van der Waals surface area (Å²) in [5.74, 6) is 0.206. The van der Waals surface area contributed by atoms with Crippen LogP contribution < -0.4 is 5.32 Å². The summed E-state index contributed by atoms with van der Waals surface area (Å²) in [6, 6.07) is 21.1. The lowest BCUT2D eigenvalue weighted by Crippen LogP contribution is -2.47. The summed E-state index contributed by atoms with van der Waals surface area (Å²) in [7, 11) is 0. The standard InChI is InChI=1S/C24H31NO/c1-19(18-23(2,3)20-12-6-4-7-13-20)25-22(26)24(16-10-11-17-24)21-14-8-5-9-15-21/h4-9,12-15,19H,10-11,16-18H2,1-3H3,(H,25,26)/t19-/m0/s1. The Morgan fingerprint density at radius 3 is 2.12 bits per heavy atom. The Hall–Kier alpha value is -2.09. The zero-order chi connectivity index (χ0) is 18.6. The van der Waals surface area contributed by atoms with Gasteiger partial charge in [0, 0.05) is 6.04 Å². The molecule has 1 saturated carbocycles. The molecule has 1 atom stereocenters. The second kappa shape index (κ2) is 7.65. The highest BCUT2D eigenvalue weighted by molar-refractivity contribution is 5.88. The Bertz CT molecular complexity index is 714. The Morgan fingerprint density at radius 1 is 1.00 bits per heavy atom. The number of hydrogen-bond acceptors (Lipinski definition) is 1. The fourth-order valence-electron chi connectivity index (χ4n) is 4.57. The van der Waals surface area contributed by atoms with Crippen LogP contribution in [0, 0.1) is 0 Å². The Morgan fingerprint density at radius 2 is 1.54 bits per heavy atom. The van der Waals surface area contributed by atoms with Crippen molar-refractivity contribution in [1.82, 2.24) is 5.32 Å². The van der Waals surface area contributed by atoms with Gasteiger partial charge in [0.2, 0.25) is 5.91 Å². The maximum Gasteiger partial charge on any atom is 0.230 e. The molecule has 1 amide bonds. The van der Waals surface area contributed by atoms with Gasteiger partial charge in [-0.2, -0.15) is 0 Å². The zero-order valence-electron chi connectivity index (χ0n) is 16.3. The second-order valence-electron chi connectivity index (χ2n) is 8.48. The molecule has 138 valence electrons. The predicted molar refractivity (Wildman–Crippen MR) is 108 cm³/mol. The summed E-state index contributed by atoms with van der Waals surface area (Å²) >= 11 is 0. The first-order valence-electron chi connectivity index (χ1n) is 9.86. The lowest BCUT2D eigenvalue weighted by atomic mass is 9.76. The van der Waals surface area contributed by atoms with Gasteiger partial charge in [-0.3, -0.25) is 4.79 Å². The molecule has 2 nitrogen and oxygen atoms in total. The molecule has 3 rings (SSSR count). The van der Waals surface area contributed by atoms with E-state index in [-0.39, 0.29) is 22.8 Å². The van der Waals surface area contributed by atoms with Gasteiger partial charge in [-0.05, 0) is 42.7 Å². The summed E-state index contributed by atoms with van der Waals surface area (Å²) in [5, 5.41) is 3.35. The number of amides is 1. The second-order valence-corrected chi connectivity index (χ2v) is 8.48. The highest BCUT2D eigenvalue weighted by Gasteiger charge is 2.43. The molecular weight excluding hydrogens is 318 g/mol. The Kier molecular flexibility index (Phi) is 5.50. The number of carbonyl (C=O) groups is 1. The van der Waals surface area contributed by atoms with Crippen LogP contribution in [0.5, 0.6) is 0 Å². The molecule has 2 aromatic carbocycles. The summed E-state index contributed by atoms with van der Waals surface area (Å²) < 4.78 is 0. The molecule has 0 heterocycles. The fourth-order valence-corrected chi connectivity index (χ4v) is 4.57. The summed E-state index contributed by atoms with van der Waals surface area (Å²) in [5.41, 5.74) is 2.18. The summed E-state index contributed by atoms with van der Waals surface area (Å²) in [6.45, 7) is 6.65. The molecule has 0 aromatic heterocycles. The minimum absolute atomic E-state index is 0.0313. The molecule has 0 radical (unpaired) electrons. The van der Waals surface area contributed by atoms with Crippen molar-refractivity contribution in [3.63, 3.8) is 0 Å². The van der Waals surface area contributed by atoms with Gasteiger partial charge in [0.1, 0.15) is 0 Å². The van der Waals surface area contributed by atoms with Gasteiger partial charge in [-0.25, -0.2) is 0 Å². The van der Waals surface area contributed by atoms with Gasteiger partial charge in [0.25, 0.3) is 0 Å². The number of hydrogen-bond donors (Lipinski definition) is 1. The molecule has 0 bridgehead atoms. The molecule has 0 aliphatic heterocycles. The molecule has 1 N–H and O–H groups in total. The monoisotopic (exact) mass is 349 g/mol. The Balaban J connectivity index is 1.72. The van der Waals surface area contributed by atoms with Crippen molar-refractivity contribution in [2.24, 2.45) is 0 Å². The molecule has 2 heteroatoms. The van der Waals surface area contributed by atoms with Crippen molar-refractivity contribution in [3.05, 3.63) is 71.8 Å². The van der Waals surface area contributed by atoms with Gasteiger partial charge in [-0.15, -0.1) is 0 Å². The van der Waals surface area contributed by atoms with E-state index in [1.54, 1.807) is 0 Å². The third-order valence-corrected chi connectivity index (χ3v) is 5.97. The third-order valence-electron chi connectivity index (χ3n) is 5.97. The lowest BCUT2D eigenvalue weighted by molar-refractivity contribution is -0.127. The maximum atomic E-state index is 13.3. The average molecular weight is 350 g/mol. The van der Waals surface area contributed by atoms with E-state index < -0.39 is 0 Å². The van der Waals surface area contributed by atoms with Crippen molar-refractivity contribution >= 4 is 5.91 Å². The summed E-state index contributed by atoms with van der Waals surface area (Å²) in [4.78, 5) is 13.3. The van der Waals surface area contributed by atoms with Crippen molar-refractivity contribution in [2.75, 3.05) is 0 Å². The SMILES string of the molecule is C[C@@H](CC(C)(C)c1ccccc1)NC(=O)C1(c2ccccc2)CCCC1. The van der Waals surface area contributed by atoms with Crippen LogP contribution in [0.4, 0.5) is 0 Å². The van der Waals surface area contributed by atoms with E-state index in [0.717, 1.165) is 32.1 Å². The topological polar surface area (TPSA) is 29.1 Å². The molecule has 1 aliphatic rings. The quantitative estimate of drug-likeness (QED) is 0.746. The van der Waals surface area contributed by atoms with Crippen LogP contribution in [0.25, 0.3) is 0 Å². The lowest BCUT2D eigenvalue weighted by Gasteiger charge is -2.33. The third kappa shape index (κ3) is 3.85. The van der Waals surface area contributed by atoms with Crippen LogP contribution in [0.2, 0.25) is 0 Å². The molecule has 2 aromatic rings. The first-order chi connectivity index (χ1) is 12.4. The smallest absolute Gasteiger partial charge is 0.230 e. The van der Waals surface area contributed by atoms with Crippen LogP contribution in [0.1, 0.15) is 64.0 Å². The summed E-state index contributed by atoms with van der Waals surface area (Å²) in [6.07, 6.45) is 5.10. The molecule has 1 fully saturated rings. The highest BCUT2D eigenvalue weighted by Crippen LogP contribution is 2.41. The fraction of sp³-hybridized carbons (Fsp3) is 0.458. The number of rotatable bonds is 6. The van der Waals surface area contributed by atoms with Crippen molar-refractivity contribution in [1.29, 1.82) is 0 Å². The normalized spacial score (nSPS) is 17.7. The average Bonchev–Trinajstić information content (AvgIpc) is 3.14. The van der Waals surface area contributed by atoms with Gasteiger partial charge in [0.15, 0.2) is 0 Å². The molecule has 1 aliphatic carbocycles. The van der Waals surface area contributed by atoms with Crippen LogP contribution in [-0.4, -0.2) is 11.9 Å². The largest absolute Gasteiger partial charge is 0.353 e. The van der Waals surface area contributed by atoms with Gasteiger partial charge in [0.05, 0.1) is 5.41 Å².